The Morgan fingerprint density at radius 3 is 2.79 bits per heavy atom. The van der Waals surface area contributed by atoms with Crippen molar-refractivity contribution in [1.29, 1.82) is 0 Å². The van der Waals surface area contributed by atoms with Crippen molar-refractivity contribution in [3.8, 4) is 0 Å². The first-order valence-electron chi connectivity index (χ1n) is 9.98. The number of carbonyl (C=O) groups excluding carboxylic acids is 1. The molecule has 0 aliphatic carbocycles. The molecule has 3 N–H and O–H groups in total. The fourth-order valence-electron chi connectivity index (χ4n) is 3.14. The Labute approximate surface area is 164 Å². The molecule has 1 amide bonds. The minimum Gasteiger partial charge on any atom is -0.447 e. The molecule has 9 nitrogen and oxygen atoms in total. The number of aliphatic hydroxyl groups is 1. The molecule has 0 unspecified atom stereocenters. The molecular weight excluding hydrogens is 366 g/mol. The van der Waals surface area contributed by atoms with Gasteiger partial charge in [-0.2, -0.15) is 0 Å². The van der Waals surface area contributed by atoms with E-state index < -0.39 is 35.8 Å². The van der Waals surface area contributed by atoms with E-state index in [1.807, 2.05) is 0 Å². The van der Waals surface area contributed by atoms with E-state index in [0.717, 1.165) is 19.3 Å². The van der Waals surface area contributed by atoms with Crippen LogP contribution in [0.2, 0.25) is 0 Å². The van der Waals surface area contributed by atoms with Gasteiger partial charge in [-0.1, -0.05) is 39.0 Å². The van der Waals surface area contributed by atoms with Gasteiger partial charge in [-0.15, -0.1) is 0 Å². The molecule has 0 bridgehead atoms. The summed E-state index contributed by atoms with van der Waals surface area (Å²) in [7, 11) is 0. The normalized spacial score (nSPS) is 21.6. The highest BCUT2D eigenvalue weighted by Gasteiger charge is 2.36. The third-order valence-electron chi connectivity index (χ3n) is 4.84. The molecule has 0 saturated carbocycles. The third kappa shape index (κ3) is 6.49. The van der Waals surface area contributed by atoms with Gasteiger partial charge in [0.1, 0.15) is 18.9 Å². The summed E-state index contributed by atoms with van der Waals surface area (Å²) in [4.78, 5) is 37.4. The van der Waals surface area contributed by atoms with E-state index in [1.54, 1.807) is 6.92 Å². The number of rotatable bonds is 10. The lowest BCUT2D eigenvalue weighted by molar-refractivity contribution is -0.0489. The van der Waals surface area contributed by atoms with Crippen molar-refractivity contribution in [3.05, 3.63) is 32.6 Å². The molecule has 2 heterocycles. The Morgan fingerprint density at radius 1 is 1.32 bits per heavy atom. The molecule has 1 aromatic heterocycles. The molecule has 1 aliphatic rings. The molecule has 2 rings (SSSR count). The van der Waals surface area contributed by atoms with E-state index in [-0.39, 0.29) is 13.0 Å². The van der Waals surface area contributed by atoms with Gasteiger partial charge in [-0.05, 0) is 13.3 Å². The van der Waals surface area contributed by atoms with E-state index in [0.29, 0.717) is 12.1 Å². The standard InChI is InChI=1S/C19H31N3O6/c1-3-4-5-6-7-8-9-20-19(26)27-12-15-14(23)10-16(28-15)22-11-13(2)17(24)21-18(22)25/h11,14-16,23H,3-10,12H2,1-2H3,(H,20,26)(H,21,24,25)/t14-,15+,16+/m0/s1. The van der Waals surface area contributed by atoms with Crippen LogP contribution in [0.5, 0.6) is 0 Å². The summed E-state index contributed by atoms with van der Waals surface area (Å²) >= 11 is 0. The van der Waals surface area contributed by atoms with Crippen molar-refractivity contribution < 1.29 is 19.4 Å². The third-order valence-corrected chi connectivity index (χ3v) is 4.84. The number of alkyl carbamates (subject to hydrolysis) is 1. The summed E-state index contributed by atoms with van der Waals surface area (Å²) in [6.45, 7) is 4.18. The number of ether oxygens (including phenoxy) is 2. The van der Waals surface area contributed by atoms with E-state index >= 15 is 0 Å². The van der Waals surface area contributed by atoms with Crippen molar-refractivity contribution in [1.82, 2.24) is 14.9 Å². The lowest BCUT2D eigenvalue weighted by Gasteiger charge is -2.16. The number of hydrogen-bond acceptors (Lipinski definition) is 6. The van der Waals surface area contributed by atoms with E-state index in [4.69, 9.17) is 9.47 Å². The fraction of sp³-hybridized carbons (Fsp3) is 0.737. The van der Waals surface area contributed by atoms with Crippen molar-refractivity contribution >= 4 is 6.09 Å². The Balaban J connectivity index is 1.72. The van der Waals surface area contributed by atoms with Gasteiger partial charge in [-0.3, -0.25) is 14.3 Å². The molecule has 0 spiro atoms. The van der Waals surface area contributed by atoms with Crippen LogP contribution in [-0.2, 0) is 9.47 Å². The fourth-order valence-corrected chi connectivity index (χ4v) is 3.14. The average molecular weight is 397 g/mol. The Kier molecular flexibility index (Phi) is 8.72. The number of nitrogens with zero attached hydrogens (tertiary/aromatic N) is 1. The number of aryl methyl sites for hydroxylation is 1. The molecular formula is C19H31N3O6. The summed E-state index contributed by atoms with van der Waals surface area (Å²) in [5.74, 6) is 0. The van der Waals surface area contributed by atoms with Gasteiger partial charge in [0.05, 0.1) is 6.10 Å². The molecule has 0 radical (unpaired) electrons. The van der Waals surface area contributed by atoms with Crippen LogP contribution < -0.4 is 16.6 Å². The molecule has 1 aliphatic heterocycles. The summed E-state index contributed by atoms with van der Waals surface area (Å²) in [6.07, 6.45) is 5.48. The molecule has 28 heavy (non-hydrogen) atoms. The Hall–Kier alpha value is -2.13. The van der Waals surface area contributed by atoms with E-state index in [9.17, 15) is 19.5 Å². The monoisotopic (exact) mass is 397 g/mol. The largest absolute Gasteiger partial charge is 0.447 e. The van der Waals surface area contributed by atoms with Crippen LogP contribution in [-0.4, -0.2) is 46.1 Å². The highest BCUT2D eigenvalue weighted by molar-refractivity contribution is 5.67. The topological polar surface area (TPSA) is 123 Å². The first-order valence-corrected chi connectivity index (χ1v) is 9.98. The van der Waals surface area contributed by atoms with E-state index in [2.05, 4.69) is 17.2 Å². The number of hydrogen-bond donors (Lipinski definition) is 3. The number of H-pyrrole nitrogens is 1. The molecule has 1 aromatic rings. The number of aromatic nitrogens is 2. The first-order chi connectivity index (χ1) is 13.4. The lowest BCUT2D eigenvalue weighted by Crippen LogP contribution is -2.34. The van der Waals surface area contributed by atoms with Gasteiger partial charge in [-0.25, -0.2) is 9.59 Å². The van der Waals surface area contributed by atoms with E-state index in [1.165, 1.54) is 30.0 Å². The number of carbonyl (C=O) groups is 1. The molecule has 3 atom stereocenters. The van der Waals surface area contributed by atoms with Crippen molar-refractivity contribution in [3.63, 3.8) is 0 Å². The highest BCUT2D eigenvalue weighted by atomic mass is 16.6. The maximum absolute atomic E-state index is 11.9. The van der Waals surface area contributed by atoms with Crippen LogP contribution in [0.25, 0.3) is 0 Å². The maximum Gasteiger partial charge on any atom is 0.407 e. The van der Waals surface area contributed by atoms with Gasteiger partial charge in [0.2, 0.25) is 0 Å². The van der Waals surface area contributed by atoms with Gasteiger partial charge < -0.3 is 19.9 Å². The zero-order valence-corrected chi connectivity index (χ0v) is 16.6. The molecule has 158 valence electrons. The zero-order valence-electron chi connectivity index (χ0n) is 16.6. The summed E-state index contributed by atoms with van der Waals surface area (Å²) in [6, 6.07) is 0. The smallest absolute Gasteiger partial charge is 0.407 e. The van der Waals surface area contributed by atoms with Crippen LogP contribution in [0.15, 0.2) is 15.8 Å². The number of nitrogens with one attached hydrogen (secondary N) is 2. The Bertz CT molecular complexity index is 744. The molecule has 1 saturated heterocycles. The number of unbranched alkanes of at least 4 members (excludes halogenated alkanes) is 5. The van der Waals surface area contributed by atoms with Crippen LogP contribution >= 0.6 is 0 Å². The van der Waals surface area contributed by atoms with Gasteiger partial charge in [0.15, 0.2) is 0 Å². The Morgan fingerprint density at radius 2 is 2.04 bits per heavy atom. The minimum atomic E-state index is -0.879. The average Bonchev–Trinajstić information content (AvgIpc) is 3.02. The maximum atomic E-state index is 11.9. The zero-order chi connectivity index (χ0) is 20.5. The second-order valence-electron chi connectivity index (χ2n) is 7.20. The highest BCUT2D eigenvalue weighted by Crippen LogP contribution is 2.27. The first kappa shape index (κ1) is 22.2. The van der Waals surface area contributed by atoms with Crippen LogP contribution in [0.4, 0.5) is 4.79 Å². The van der Waals surface area contributed by atoms with Gasteiger partial charge in [0.25, 0.3) is 5.56 Å². The summed E-state index contributed by atoms with van der Waals surface area (Å²) in [5.41, 5.74) is -0.695. The molecule has 9 heteroatoms. The number of aliphatic hydroxyl groups excluding tert-OH is 1. The van der Waals surface area contributed by atoms with Gasteiger partial charge >= 0.3 is 11.8 Å². The molecule has 1 fully saturated rings. The summed E-state index contributed by atoms with van der Waals surface area (Å²) < 4.78 is 12.0. The predicted octanol–water partition coefficient (Wildman–Crippen LogP) is 1.58. The van der Waals surface area contributed by atoms with Gasteiger partial charge in [0, 0.05) is 24.7 Å². The number of aromatic amines is 1. The number of amides is 1. The second kappa shape index (κ2) is 11.0. The minimum absolute atomic E-state index is 0.114. The van der Waals surface area contributed by atoms with Crippen LogP contribution in [0.1, 0.15) is 63.7 Å². The van der Waals surface area contributed by atoms with Crippen molar-refractivity contribution in [2.75, 3.05) is 13.2 Å². The lowest BCUT2D eigenvalue weighted by atomic mass is 10.1. The van der Waals surface area contributed by atoms with Crippen molar-refractivity contribution in [2.24, 2.45) is 0 Å². The van der Waals surface area contributed by atoms with Crippen molar-refractivity contribution in [2.45, 2.75) is 77.2 Å². The van der Waals surface area contributed by atoms with Crippen LogP contribution in [0.3, 0.4) is 0 Å². The molecule has 0 aromatic carbocycles. The SMILES string of the molecule is CCCCCCCCNC(=O)OC[C@H]1O[C@@H](n2cc(C)c(=O)[nH]c2=O)C[C@@H]1O. The van der Waals surface area contributed by atoms with Crippen LogP contribution in [0, 0.1) is 6.92 Å². The second-order valence-corrected chi connectivity index (χ2v) is 7.20. The quantitative estimate of drug-likeness (QED) is 0.515. The summed E-state index contributed by atoms with van der Waals surface area (Å²) in [5, 5.41) is 12.8. The predicted molar refractivity (Wildman–Crippen MR) is 103 cm³/mol.